The number of hydrogen-bond acceptors (Lipinski definition) is 0. The highest BCUT2D eigenvalue weighted by Crippen LogP contribution is 2.13. The van der Waals surface area contributed by atoms with Gasteiger partial charge in [0.2, 0.25) is 0 Å². The van der Waals surface area contributed by atoms with Crippen molar-refractivity contribution in [3.63, 3.8) is 0 Å². The van der Waals surface area contributed by atoms with Crippen molar-refractivity contribution in [2.24, 2.45) is 0 Å². The largest absolute Gasteiger partial charge is 0.324 e. The first kappa shape index (κ1) is 22.7. The minimum absolute atomic E-state index is 0. The lowest BCUT2D eigenvalue weighted by Crippen LogP contribution is -2.48. The first-order valence-corrected chi connectivity index (χ1v) is 9.09. The van der Waals surface area contributed by atoms with E-state index in [0.717, 1.165) is 0 Å². The molecule has 1 nitrogen and oxygen atoms in total. The van der Waals surface area contributed by atoms with Gasteiger partial charge in [-0.3, -0.25) is 0 Å². The van der Waals surface area contributed by atoms with Crippen molar-refractivity contribution in [2.75, 3.05) is 26.2 Å². The Morgan fingerprint density at radius 3 is 1.20 bits per heavy atom. The molecule has 0 amide bonds. The van der Waals surface area contributed by atoms with Gasteiger partial charge in [0, 0.05) is 0 Å². The fourth-order valence-electron chi connectivity index (χ4n) is 3.08. The molecule has 0 N–H and O–H groups in total. The molecule has 0 saturated heterocycles. The first-order chi connectivity index (χ1) is 9.24. The Bertz CT molecular complexity index is 170. The number of quaternary nitrogens is 1. The van der Waals surface area contributed by atoms with Gasteiger partial charge >= 0.3 is 0 Å². The third kappa shape index (κ3) is 11.1. The fourth-order valence-corrected chi connectivity index (χ4v) is 3.08. The third-order valence-corrected chi connectivity index (χ3v) is 5.00. The zero-order valence-electron chi connectivity index (χ0n) is 14.8. The maximum absolute atomic E-state index is 2.35. The predicted molar refractivity (Wildman–Crippen MR) is 98.9 cm³/mol. The highest BCUT2D eigenvalue weighted by Gasteiger charge is 2.19. The molecule has 0 bridgehead atoms. The van der Waals surface area contributed by atoms with Crippen LogP contribution in [0.3, 0.4) is 0 Å². The van der Waals surface area contributed by atoms with Crippen molar-refractivity contribution in [2.45, 2.75) is 91.9 Å². The van der Waals surface area contributed by atoms with Crippen LogP contribution in [0.4, 0.5) is 0 Å². The minimum atomic E-state index is 0. The summed E-state index contributed by atoms with van der Waals surface area (Å²) in [5, 5.41) is 0. The van der Waals surface area contributed by atoms with E-state index in [2.05, 4.69) is 27.7 Å². The molecule has 0 aliphatic rings. The van der Waals surface area contributed by atoms with Gasteiger partial charge in [0.25, 0.3) is 0 Å². The molecule has 0 aliphatic heterocycles. The van der Waals surface area contributed by atoms with Gasteiger partial charge in [0.1, 0.15) is 0 Å². The van der Waals surface area contributed by atoms with Crippen LogP contribution in [0.1, 0.15) is 91.9 Å². The van der Waals surface area contributed by atoms with Gasteiger partial charge in [-0.2, -0.15) is 0 Å². The van der Waals surface area contributed by atoms with Crippen molar-refractivity contribution >= 4 is 17.0 Å². The van der Waals surface area contributed by atoms with Crippen LogP contribution in [0, 0.1) is 0 Å². The zero-order valence-corrected chi connectivity index (χ0v) is 16.5. The van der Waals surface area contributed by atoms with E-state index < -0.39 is 0 Å². The van der Waals surface area contributed by atoms with E-state index in [1.54, 1.807) is 0 Å². The Hall–Kier alpha value is 0.440. The summed E-state index contributed by atoms with van der Waals surface area (Å²) in [5.41, 5.74) is 0. The number of hydrogen-bond donors (Lipinski definition) is 0. The summed E-state index contributed by atoms with van der Waals surface area (Å²) in [6.07, 6.45) is 14.5. The summed E-state index contributed by atoms with van der Waals surface area (Å²) < 4.78 is 1.33. The number of unbranched alkanes of at least 4 members (excludes halogenated alkanes) is 9. The first-order valence-electron chi connectivity index (χ1n) is 9.09. The highest BCUT2D eigenvalue weighted by molar-refractivity contribution is 8.93. The van der Waals surface area contributed by atoms with Crippen LogP contribution in [-0.2, 0) is 0 Å². The summed E-state index contributed by atoms with van der Waals surface area (Å²) in [4.78, 5) is 0. The van der Waals surface area contributed by atoms with Gasteiger partial charge in [0.05, 0.1) is 26.2 Å². The van der Waals surface area contributed by atoms with Gasteiger partial charge in [-0.05, 0) is 33.6 Å². The Morgan fingerprint density at radius 2 is 0.850 bits per heavy atom. The monoisotopic (exact) mass is 350 g/mol. The van der Waals surface area contributed by atoms with Crippen LogP contribution in [0.5, 0.6) is 0 Å². The van der Waals surface area contributed by atoms with Crippen LogP contribution >= 0.6 is 17.0 Å². The minimum Gasteiger partial charge on any atom is -0.324 e. The average molecular weight is 351 g/mol. The molecule has 0 spiro atoms. The molecule has 0 radical (unpaired) electrons. The Labute approximate surface area is 139 Å². The van der Waals surface area contributed by atoms with E-state index >= 15 is 0 Å². The zero-order chi connectivity index (χ0) is 14.4. The van der Waals surface area contributed by atoms with Gasteiger partial charge in [-0.1, -0.05) is 58.3 Å². The molecule has 0 heterocycles. The van der Waals surface area contributed by atoms with Crippen LogP contribution in [0.15, 0.2) is 0 Å². The second-order valence-corrected chi connectivity index (χ2v) is 6.20. The lowest BCUT2D eigenvalue weighted by molar-refractivity contribution is -0.923. The topological polar surface area (TPSA) is 0 Å². The van der Waals surface area contributed by atoms with Gasteiger partial charge in [-0.15, -0.1) is 17.0 Å². The van der Waals surface area contributed by atoms with Crippen LogP contribution < -0.4 is 0 Å². The number of nitrogens with zero attached hydrogens (tertiary/aromatic N) is 1. The molecule has 0 aliphatic carbocycles. The molecule has 0 aromatic carbocycles. The number of halogens is 1. The molecule has 0 fully saturated rings. The van der Waals surface area contributed by atoms with E-state index in [1.807, 2.05) is 0 Å². The summed E-state index contributed by atoms with van der Waals surface area (Å²) in [7, 11) is 0. The predicted octanol–water partition coefficient (Wildman–Crippen LogP) is 6.36. The molecule has 0 unspecified atom stereocenters. The molecule has 124 valence electrons. The summed E-state index contributed by atoms with van der Waals surface area (Å²) >= 11 is 0. The Kier molecular flexibility index (Phi) is 18.0. The van der Waals surface area contributed by atoms with Crippen molar-refractivity contribution < 1.29 is 4.48 Å². The third-order valence-electron chi connectivity index (χ3n) is 5.00. The normalized spacial score (nSPS) is 11.4. The van der Waals surface area contributed by atoms with Gasteiger partial charge in [-0.25, -0.2) is 0 Å². The smallest absolute Gasteiger partial charge is 0.0786 e. The van der Waals surface area contributed by atoms with E-state index in [4.69, 9.17) is 0 Å². The molecular formula is C18H41BrN+. The SMILES string of the molecule is Br.CCCCCCCCCCCC[N+](CC)(CC)CC. The van der Waals surface area contributed by atoms with Crippen LogP contribution in [0.25, 0.3) is 0 Å². The van der Waals surface area contributed by atoms with Crippen LogP contribution in [-0.4, -0.2) is 30.7 Å². The lowest BCUT2D eigenvalue weighted by atomic mass is 10.1. The molecule has 2 heteroatoms. The second kappa shape index (κ2) is 15.8. The average Bonchev–Trinajstić information content (AvgIpc) is 2.46. The highest BCUT2D eigenvalue weighted by atomic mass is 79.9. The lowest BCUT2D eigenvalue weighted by Gasteiger charge is -2.35. The van der Waals surface area contributed by atoms with Gasteiger partial charge in [0.15, 0.2) is 0 Å². The summed E-state index contributed by atoms with van der Waals surface area (Å²) in [6, 6.07) is 0. The van der Waals surface area contributed by atoms with Gasteiger partial charge < -0.3 is 4.48 Å². The van der Waals surface area contributed by atoms with Crippen molar-refractivity contribution in [1.29, 1.82) is 0 Å². The Balaban J connectivity index is 0. The van der Waals surface area contributed by atoms with Crippen molar-refractivity contribution in [1.82, 2.24) is 0 Å². The van der Waals surface area contributed by atoms with E-state index in [9.17, 15) is 0 Å². The maximum Gasteiger partial charge on any atom is 0.0786 e. The van der Waals surface area contributed by atoms with E-state index in [1.165, 1.54) is 94.9 Å². The quantitative estimate of drug-likeness (QED) is 0.252. The van der Waals surface area contributed by atoms with E-state index in [0.29, 0.717) is 0 Å². The molecule has 20 heavy (non-hydrogen) atoms. The standard InChI is InChI=1S/C18H40N.BrH/c1-5-9-10-11-12-13-14-15-16-17-18-19(6-2,7-3)8-4;/h5-18H2,1-4H3;1H/q+1;. The van der Waals surface area contributed by atoms with E-state index in [-0.39, 0.29) is 17.0 Å². The molecular weight excluding hydrogens is 310 g/mol. The molecule has 0 aromatic heterocycles. The number of rotatable bonds is 14. The van der Waals surface area contributed by atoms with Crippen LogP contribution in [0.2, 0.25) is 0 Å². The van der Waals surface area contributed by atoms with Crippen molar-refractivity contribution in [3.8, 4) is 0 Å². The fraction of sp³-hybridized carbons (Fsp3) is 1.00. The molecule has 0 atom stereocenters. The molecule has 0 saturated carbocycles. The molecule has 0 aromatic rings. The van der Waals surface area contributed by atoms with Crippen molar-refractivity contribution in [3.05, 3.63) is 0 Å². The molecule has 0 rings (SSSR count). The summed E-state index contributed by atoms with van der Waals surface area (Å²) in [6.45, 7) is 14.7. The summed E-state index contributed by atoms with van der Waals surface area (Å²) in [5.74, 6) is 0. The maximum atomic E-state index is 2.35. The Morgan fingerprint density at radius 1 is 0.500 bits per heavy atom. The second-order valence-electron chi connectivity index (χ2n) is 6.20.